The number of benzene rings is 3. The summed E-state index contributed by atoms with van der Waals surface area (Å²) in [5.74, 6) is 0.435. The highest BCUT2D eigenvalue weighted by atomic mass is 35.5. The van der Waals surface area contributed by atoms with E-state index in [-0.39, 0.29) is 12.1 Å². The van der Waals surface area contributed by atoms with Crippen molar-refractivity contribution in [1.82, 2.24) is 10.2 Å². The molecule has 3 aromatic rings. The maximum Gasteiger partial charge on any atom is 0.317 e. The molecule has 0 spiro atoms. The number of nitrogens with zero attached hydrogens (tertiary/aromatic N) is 4. The molecule has 0 aliphatic carbocycles. The van der Waals surface area contributed by atoms with Crippen molar-refractivity contribution in [2.75, 3.05) is 31.1 Å². The Morgan fingerprint density at radius 2 is 1.82 bits per heavy atom. The van der Waals surface area contributed by atoms with Crippen LogP contribution in [-0.2, 0) is 0 Å². The first kappa shape index (κ1) is 23.6. The molecule has 176 valence electrons. The maximum absolute atomic E-state index is 12.9. The Kier molecular flexibility index (Phi) is 7.33. The number of hydrogen-bond acceptors (Lipinski definition) is 3. The number of aliphatic imine (C=N–C) groups is 2. The topological polar surface area (TPSA) is 86.3 Å². The quantitative estimate of drug-likeness (QED) is 0.395. The van der Waals surface area contributed by atoms with Crippen LogP contribution in [0.3, 0.4) is 0 Å². The molecule has 1 saturated heterocycles. The van der Waals surface area contributed by atoms with Crippen LogP contribution in [0.2, 0.25) is 5.02 Å². The summed E-state index contributed by atoms with van der Waals surface area (Å²) in [6.07, 6.45) is 1.40. The summed E-state index contributed by atoms with van der Waals surface area (Å²) in [6, 6.07) is 20.1. The number of anilines is 1. The van der Waals surface area contributed by atoms with Gasteiger partial charge < -0.3 is 20.9 Å². The number of carbonyl (C=O) groups excluding carboxylic acids is 1. The molecule has 0 aromatic heterocycles. The molecular weight excluding hydrogens is 448 g/mol. The zero-order chi connectivity index (χ0) is 24.1. The third-order valence-corrected chi connectivity index (χ3v) is 6.25. The predicted octanol–water partition coefficient (Wildman–Crippen LogP) is 5.12. The van der Waals surface area contributed by atoms with Gasteiger partial charge in [0.15, 0.2) is 0 Å². The van der Waals surface area contributed by atoms with Gasteiger partial charge in [-0.1, -0.05) is 54.1 Å². The molecule has 0 unspecified atom stereocenters. The van der Waals surface area contributed by atoms with Crippen molar-refractivity contribution in [3.05, 3.63) is 71.2 Å². The molecule has 2 amide bonds. The van der Waals surface area contributed by atoms with Gasteiger partial charge in [-0.3, -0.25) is 0 Å². The summed E-state index contributed by atoms with van der Waals surface area (Å²) >= 11 is 6.41. The van der Waals surface area contributed by atoms with Gasteiger partial charge in [-0.05, 0) is 48.4 Å². The molecule has 0 radical (unpaired) electrons. The van der Waals surface area contributed by atoms with Gasteiger partial charge in [0, 0.05) is 31.9 Å². The molecule has 4 rings (SSSR count). The minimum atomic E-state index is -0.0871. The van der Waals surface area contributed by atoms with Crippen molar-refractivity contribution in [3.8, 4) is 0 Å². The molecule has 0 saturated carbocycles. The average Bonchev–Trinajstić information content (AvgIpc) is 2.84. The van der Waals surface area contributed by atoms with E-state index in [1.807, 2.05) is 48.2 Å². The molecule has 34 heavy (non-hydrogen) atoms. The van der Waals surface area contributed by atoms with Gasteiger partial charge in [0.1, 0.15) is 6.34 Å². The van der Waals surface area contributed by atoms with E-state index in [0.717, 1.165) is 29.7 Å². The predicted molar refractivity (Wildman–Crippen MR) is 142 cm³/mol. The number of piperazine rings is 1. The molecule has 3 aromatic carbocycles. The number of nitrogens with two attached hydrogens (primary N) is 1. The van der Waals surface area contributed by atoms with Crippen molar-refractivity contribution in [1.29, 1.82) is 0 Å². The Bertz CT molecular complexity index is 1220. The minimum Gasteiger partial charge on any atom is -0.387 e. The van der Waals surface area contributed by atoms with Gasteiger partial charge in [0.05, 0.1) is 22.6 Å². The number of rotatable bonds is 5. The molecule has 1 atom stereocenters. The van der Waals surface area contributed by atoms with Gasteiger partial charge in [0.2, 0.25) is 0 Å². The van der Waals surface area contributed by atoms with Crippen molar-refractivity contribution in [2.24, 2.45) is 15.7 Å². The number of urea groups is 1. The van der Waals surface area contributed by atoms with Crippen LogP contribution in [0.1, 0.15) is 25.5 Å². The van der Waals surface area contributed by atoms with Crippen LogP contribution < -0.4 is 16.0 Å². The lowest BCUT2D eigenvalue weighted by atomic mass is 10.00. The summed E-state index contributed by atoms with van der Waals surface area (Å²) in [5, 5.41) is 6.05. The van der Waals surface area contributed by atoms with Crippen molar-refractivity contribution in [3.63, 3.8) is 0 Å². The second kappa shape index (κ2) is 10.6. The van der Waals surface area contributed by atoms with Crippen LogP contribution in [0.4, 0.5) is 16.2 Å². The summed E-state index contributed by atoms with van der Waals surface area (Å²) < 4.78 is 0. The highest BCUT2D eigenvalue weighted by Crippen LogP contribution is 2.30. The highest BCUT2D eigenvalue weighted by molar-refractivity contribution is 6.33. The van der Waals surface area contributed by atoms with Crippen molar-refractivity contribution in [2.45, 2.75) is 19.9 Å². The van der Waals surface area contributed by atoms with Crippen LogP contribution in [-0.4, -0.2) is 49.3 Å². The van der Waals surface area contributed by atoms with Gasteiger partial charge >= 0.3 is 6.03 Å². The monoisotopic (exact) mass is 476 g/mol. The molecule has 3 N–H and O–H groups in total. The molecule has 1 fully saturated rings. The van der Waals surface area contributed by atoms with Crippen LogP contribution in [0.15, 0.2) is 70.6 Å². The zero-order valence-corrected chi connectivity index (χ0v) is 20.2. The number of halogens is 1. The van der Waals surface area contributed by atoms with Crippen LogP contribution in [0.25, 0.3) is 10.8 Å². The number of amidine groups is 1. The van der Waals surface area contributed by atoms with Crippen LogP contribution >= 0.6 is 11.6 Å². The fourth-order valence-corrected chi connectivity index (χ4v) is 4.35. The van der Waals surface area contributed by atoms with E-state index in [1.54, 1.807) is 6.92 Å². The first-order valence-corrected chi connectivity index (χ1v) is 11.7. The van der Waals surface area contributed by atoms with Crippen molar-refractivity contribution >= 4 is 52.0 Å². The van der Waals surface area contributed by atoms with Gasteiger partial charge in [-0.25, -0.2) is 14.8 Å². The third-order valence-electron chi connectivity index (χ3n) is 5.95. The molecule has 1 aliphatic heterocycles. The van der Waals surface area contributed by atoms with Gasteiger partial charge in [-0.2, -0.15) is 0 Å². The number of fused-ring (bicyclic) bond motifs is 1. The van der Waals surface area contributed by atoms with E-state index in [9.17, 15) is 4.79 Å². The Hall–Kier alpha value is -3.58. The summed E-state index contributed by atoms with van der Waals surface area (Å²) in [5.41, 5.74) is 8.27. The lowest BCUT2D eigenvalue weighted by molar-refractivity contribution is 0.191. The number of hydrogen-bond donors (Lipinski definition) is 2. The summed E-state index contributed by atoms with van der Waals surface area (Å²) in [4.78, 5) is 25.2. The lowest BCUT2D eigenvalue weighted by Crippen LogP contribution is -2.52. The number of amides is 2. The van der Waals surface area contributed by atoms with Crippen LogP contribution in [0.5, 0.6) is 0 Å². The first-order chi connectivity index (χ1) is 16.4. The standard InChI is InChI=1S/C26H29ClN6O/c1-18(22-9-5-7-20-6-3-4-8-23(20)22)31-26(34)33-14-12-32(13-15-33)21-10-11-25(24(27)16-21)30-17-29-19(2)28/h3-11,16-18H,12-15H2,1-2H3,(H,31,34)(H2,28,29,30)/t18-/m0/s1. The van der Waals surface area contributed by atoms with Gasteiger partial charge in [-0.15, -0.1) is 0 Å². The third kappa shape index (κ3) is 5.48. The Balaban J connectivity index is 1.35. The van der Waals surface area contributed by atoms with Crippen molar-refractivity contribution < 1.29 is 4.79 Å². The van der Waals surface area contributed by atoms with Crippen LogP contribution in [0, 0.1) is 0 Å². The molecule has 1 aliphatic rings. The van der Waals surface area contributed by atoms with Gasteiger partial charge in [0.25, 0.3) is 0 Å². The Morgan fingerprint density at radius 3 is 2.56 bits per heavy atom. The highest BCUT2D eigenvalue weighted by Gasteiger charge is 2.23. The lowest BCUT2D eigenvalue weighted by Gasteiger charge is -2.36. The van der Waals surface area contributed by atoms with E-state index >= 15 is 0 Å². The largest absolute Gasteiger partial charge is 0.387 e. The molecule has 7 nitrogen and oxygen atoms in total. The molecular formula is C26H29ClN6O. The smallest absolute Gasteiger partial charge is 0.317 e. The Labute approximate surface area is 204 Å². The normalized spacial score (nSPS) is 15.7. The SMILES string of the molecule is CC(N)=NC=Nc1ccc(N2CCN(C(=O)N[C@@H](C)c3cccc4ccccc34)CC2)cc1Cl. The zero-order valence-electron chi connectivity index (χ0n) is 19.4. The number of nitrogens with one attached hydrogen (secondary N) is 1. The maximum atomic E-state index is 12.9. The second-order valence-electron chi connectivity index (χ2n) is 8.36. The summed E-state index contributed by atoms with van der Waals surface area (Å²) in [7, 11) is 0. The summed E-state index contributed by atoms with van der Waals surface area (Å²) in [6.45, 7) is 6.45. The fourth-order valence-electron chi connectivity index (χ4n) is 4.13. The van der Waals surface area contributed by atoms with E-state index in [2.05, 4.69) is 44.5 Å². The second-order valence-corrected chi connectivity index (χ2v) is 8.77. The molecule has 0 bridgehead atoms. The number of carbonyl (C=O) groups is 1. The van der Waals surface area contributed by atoms with E-state index in [4.69, 9.17) is 17.3 Å². The first-order valence-electron chi connectivity index (χ1n) is 11.3. The Morgan fingerprint density at radius 1 is 1.09 bits per heavy atom. The average molecular weight is 477 g/mol. The fraction of sp³-hybridized carbons (Fsp3) is 0.269. The molecule has 8 heteroatoms. The molecule has 1 heterocycles. The van der Waals surface area contributed by atoms with E-state index in [0.29, 0.717) is 29.6 Å². The minimum absolute atomic E-state index is 0.0430. The van der Waals surface area contributed by atoms with E-state index < -0.39 is 0 Å². The van der Waals surface area contributed by atoms with E-state index in [1.165, 1.54) is 11.7 Å².